The maximum atomic E-state index is 4.95. The molecule has 3 heterocycles. The zero-order valence-electron chi connectivity index (χ0n) is 11.9. The minimum absolute atomic E-state index is 0.0516. The number of nitrogens with zero attached hydrogens (tertiary/aromatic N) is 2. The van der Waals surface area contributed by atoms with E-state index in [0.717, 1.165) is 31.0 Å². The Hall–Kier alpha value is -1.61. The van der Waals surface area contributed by atoms with Gasteiger partial charge >= 0.3 is 0 Å². The Morgan fingerprint density at radius 3 is 2.79 bits per heavy atom. The van der Waals surface area contributed by atoms with Gasteiger partial charge in [-0.05, 0) is 30.7 Å². The van der Waals surface area contributed by atoms with Crippen molar-refractivity contribution in [2.24, 2.45) is 0 Å². The first-order valence-corrected chi connectivity index (χ1v) is 6.95. The Morgan fingerprint density at radius 1 is 1.26 bits per heavy atom. The standard InChI is InChI=1S/C16H21N3/c1-16(2,3)15-18-14(12-7-9-17-10-8-12)13-6-4-5-11-19(13)15/h4-7,11,17H,8-10H2,1-3H3. The van der Waals surface area contributed by atoms with Crippen molar-refractivity contribution < 1.29 is 0 Å². The molecule has 2 aromatic rings. The van der Waals surface area contributed by atoms with Gasteiger partial charge in [-0.2, -0.15) is 0 Å². The minimum Gasteiger partial charge on any atom is -0.313 e. The van der Waals surface area contributed by atoms with E-state index in [1.165, 1.54) is 11.1 Å². The van der Waals surface area contributed by atoms with E-state index >= 15 is 0 Å². The lowest BCUT2D eigenvalue weighted by Crippen LogP contribution is -2.20. The van der Waals surface area contributed by atoms with Gasteiger partial charge in [0.2, 0.25) is 0 Å². The lowest BCUT2D eigenvalue weighted by molar-refractivity contribution is 0.542. The monoisotopic (exact) mass is 255 g/mol. The van der Waals surface area contributed by atoms with Crippen LogP contribution < -0.4 is 5.32 Å². The van der Waals surface area contributed by atoms with Gasteiger partial charge < -0.3 is 9.72 Å². The van der Waals surface area contributed by atoms with Gasteiger partial charge in [-0.15, -0.1) is 0 Å². The van der Waals surface area contributed by atoms with E-state index in [1.54, 1.807) is 0 Å². The summed E-state index contributed by atoms with van der Waals surface area (Å²) in [5, 5.41) is 3.36. The molecule has 0 amide bonds. The van der Waals surface area contributed by atoms with Crippen LogP contribution in [0.4, 0.5) is 0 Å². The van der Waals surface area contributed by atoms with E-state index in [9.17, 15) is 0 Å². The van der Waals surface area contributed by atoms with Crippen LogP contribution in [0.3, 0.4) is 0 Å². The third kappa shape index (κ3) is 2.19. The first-order valence-electron chi connectivity index (χ1n) is 6.95. The highest BCUT2D eigenvalue weighted by molar-refractivity contribution is 5.77. The summed E-state index contributed by atoms with van der Waals surface area (Å²) in [6.45, 7) is 8.65. The molecule has 0 spiro atoms. The highest BCUT2D eigenvalue weighted by Gasteiger charge is 2.23. The van der Waals surface area contributed by atoms with Crippen LogP contribution in [-0.2, 0) is 5.41 Å². The Bertz CT molecular complexity index is 629. The third-order valence-corrected chi connectivity index (χ3v) is 3.59. The molecular formula is C16H21N3. The summed E-state index contributed by atoms with van der Waals surface area (Å²) in [4.78, 5) is 4.95. The van der Waals surface area contributed by atoms with Crippen molar-refractivity contribution in [2.45, 2.75) is 32.6 Å². The van der Waals surface area contributed by atoms with Crippen LogP contribution in [0.1, 0.15) is 38.7 Å². The maximum absolute atomic E-state index is 4.95. The highest BCUT2D eigenvalue weighted by Crippen LogP contribution is 2.29. The van der Waals surface area contributed by atoms with Gasteiger partial charge in [0.05, 0.1) is 11.2 Å². The summed E-state index contributed by atoms with van der Waals surface area (Å²) in [5.74, 6) is 1.14. The second-order valence-electron chi connectivity index (χ2n) is 6.17. The Kier molecular flexibility index (Phi) is 2.94. The van der Waals surface area contributed by atoms with Gasteiger partial charge in [-0.3, -0.25) is 0 Å². The van der Waals surface area contributed by atoms with E-state index < -0.39 is 0 Å². The Balaban J connectivity index is 2.23. The molecule has 0 aliphatic carbocycles. The molecule has 3 heteroatoms. The number of fused-ring (bicyclic) bond motifs is 1. The van der Waals surface area contributed by atoms with Gasteiger partial charge in [-0.1, -0.05) is 32.9 Å². The van der Waals surface area contributed by atoms with E-state index in [4.69, 9.17) is 4.98 Å². The Labute approximate surface area is 114 Å². The normalized spacial score (nSPS) is 16.7. The molecule has 1 aliphatic heterocycles. The van der Waals surface area contributed by atoms with Gasteiger partial charge in [0.1, 0.15) is 5.82 Å². The third-order valence-electron chi connectivity index (χ3n) is 3.59. The van der Waals surface area contributed by atoms with Gasteiger partial charge in [-0.25, -0.2) is 4.98 Å². The van der Waals surface area contributed by atoms with Crippen LogP contribution in [0.5, 0.6) is 0 Å². The first kappa shape index (κ1) is 12.4. The van der Waals surface area contributed by atoms with Crippen molar-refractivity contribution in [1.29, 1.82) is 0 Å². The van der Waals surface area contributed by atoms with Gasteiger partial charge in [0, 0.05) is 18.2 Å². The van der Waals surface area contributed by atoms with Crippen LogP contribution in [0.25, 0.3) is 11.1 Å². The number of nitrogens with one attached hydrogen (secondary N) is 1. The van der Waals surface area contributed by atoms with Crippen LogP contribution >= 0.6 is 0 Å². The summed E-state index contributed by atoms with van der Waals surface area (Å²) in [6, 6.07) is 6.33. The second-order valence-corrected chi connectivity index (χ2v) is 6.17. The van der Waals surface area contributed by atoms with Crippen molar-refractivity contribution in [3.8, 4) is 0 Å². The van der Waals surface area contributed by atoms with Gasteiger partial charge in [0.25, 0.3) is 0 Å². The number of imidazole rings is 1. The lowest BCUT2D eigenvalue weighted by Gasteiger charge is -2.16. The predicted octanol–water partition coefficient (Wildman–Crippen LogP) is 3.01. The summed E-state index contributed by atoms with van der Waals surface area (Å²) in [5.41, 5.74) is 3.81. The SMILES string of the molecule is CC(C)(C)c1nc(C2=CCNCC2)c2ccccn12. The first-order chi connectivity index (χ1) is 9.07. The molecule has 0 bridgehead atoms. The molecule has 1 N–H and O–H groups in total. The van der Waals surface area contributed by atoms with E-state index in [2.05, 4.69) is 61.0 Å². The summed E-state index contributed by atoms with van der Waals surface area (Å²) in [7, 11) is 0. The molecule has 0 fully saturated rings. The fraction of sp³-hybridized carbons (Fsp3) is 0.438. The highest BCUT2D eigenvalue weighted by atomic mass is 15.0. The molecule has 0 saturated heterocycles. The fourth-order valence-electron chi connectivity index (χ4n) is 2.64. The summed E-state index contributed by atoms with van der Waals surface area (Å²) >= 11 is 0. The zero-order chi connectivity index (χ0) is 13.5. The second kappa shape index (κ2) is 4.49. The molecule has 1 aliphatic rings. The molecule has 100 valence electrons. The van der Waals surface area contributed by atoms with Crippen molar-refractivity contribution in [3.63, 3.8) is 0 Å². The largest absolute Gasteiger partial charge is 0.313 e. The van der Waals surface area contributed by atoms with Crippen molar-refractivity contribution in [1.82, 2.24) is 14.7 Å². The van der Waals surface area contributed by atoms with E-state index in [-0.39, 0.29) is 5.41 Å². The fourth-order valence-corrected chi connectivity index (χ4v) is 2.64. The van der Waals surface area contributed by atoms with Crippen molar-refractivity contribution >= 4 is 11.1 Å². The number of rotatable bonds is 1. The van der Waals surface area contributed by atoms with Crippen molar-refractivity contribution in [2.75, 3.05) is 13.1 Å². The van der Waals surface area contributed by atoms with E-state index in [0.29, 0.717) is 0 Å². The number of hydrogen-bond donors (Lipinski definition) is 1. The van der Waals surface area contributed by atoms with Crippen LogP contribution in [0.2, 0.25) is 0 Å². The average molecular weight is 255 g/mol. The zero-order valence-corrected chi connectivity index (χ0v) is 11.9. The molecule has 0 atom stereocenters. The van der Waals surface area contributed by atoms with Gasteiger partial charge in [0.15, 0.2) is 0 Å². The molecule has 3 rings (SSSR count). The topological polar surface area (TPSA) is 29.3 Å². The number of aromatic nitrogens is 2. The van der Waals surface area contributed by atoms with Crippen molar-refractivity contribution in [3.05, 3.63) is 42.0 Å². The van der Waals surface area contributed by atoms with Crippen LogP contribution in [0.15, 0.2) is 30.5 Å². The molecule has 3 nitrogen and oxygen atoms in total. The number of hydrogen-bond acceptors (Lipinski definition) is 2. The molecule has 2 aromatic heterocycles. The molecule has 0 unspecified atom stereocenters. The quantitative estimate of drug-likeness (QED) is 0.848. The number of pyridine rings is 1. The summed E-state index contributed by atoms with van der Waals surface area (Å²) < 4.78 is 2.23. The lowest BCUT2D eigenvalue weighted by atomic mass is 9.96. The van der Waals surface area contributed by atoms with Crippen LogP contribution in [0, 0.1) is 0 Å². The predicted molar refractivity (Wildman–Crippen MR) is 79.4 cm³/mol. The molecule has 19 heavy (non-hydrogen) atoms. The average Bonchev–Trinajstić information content (AvgIpc) is 2.79. The molecule has 0 aromatic carbocycles. The minimum atomic E-state index is 0.0516. The van der Waals surface area contributed by atoms with E-state index in [1.807, 2.05) is 0 Å². The Morgan fingerprint density at radius 2 is 2.11 bits per heavy atom. The molecule has 0 radical (unpaired) electrons. The van der Waals surface area contributed by atoms with Crippen LogP contribution in [-0.4, -0.2) is 22.5 Å². The smallest absolute Gasteiger partial charge is 0.119 e. The molecular weight excluding hydrogens is 234 g/mol. The molecule has 0 saturated carbocycles. The maximum Gasteiger partial charge on any atom is 0.119 e. The summed E-state index contributed by atoms with van der Waals surface area (Å²) in [6.07, 6.45) is 5.45.